The van der Waals surface area contributed by atoms with Crippen LogP contribution in [0.15, 0.2) is 40.8 Å². The zero-order valence-electron chi connectivity index (χ0n) is 10.6. The van der Waals surface area contributed by atoms with E-state index in [2.05, 4.69) is 0 Å². The summed E-state index contributed by atoms with van der Waals surface area (Å²) in [5.74, 6) is 0.516. The average molecular weight is 268 g/mol. The second-order valence-corrected chi connectivity index (χ2v) is 4.67. The third kappa shape index (κ3) is 2.06. The smallest absolute Gasteiger partial charge is 0.232 e. The van der Waals surface area contributed by atoms with Crippen molar-refractivity contribution < 1.29 is 14.3 Å². The summed E-state index contributed by atoms with van der Waals surface area (Å²) in [6.07, 6.45) is -0.647. The summed E-state index contributed by atoms with van der Waals surface area (Å²) in [4.78, 5) is 13.1. The molecule has 0 aliphatic carbocycles. The molecule has 3 rings (SSSR count). The molecule has 1 unspecified atom stereocenters. The molecule has 1 atom stereocenters. The van der Waals surface area contributed by atoms with Crippen LogP contribution in [0.2, 0.25) is 0 Å². The first-order valence-corrected chi connectivity index (χ1v) is 6.27. The second kappa shape index (κ2) is 4.83. The Morgan fingerprint density at radius 2 is 2.10 bits per heavy atom. The minimum absolute atomic E-state index is 0.0617. The highest BCUT2D eigenvalue weighted by Crippen LogP contribution is 2.33. The summed E-state index contributed by atoms with van der Waals surface area (Å²) in [6.45, 7) is 0.162. The molecule has 20 heavy (non-hydrogen) atoms. The van der Waals surface area contributed by atoms with Gasteiger partial charge in [0.2, 0.25) is 11.8 Å². The standard InChI is InChI=1S/C15H12N2O3/c16-8-11-6-13(10-4-2-1-3-5-10)20-15(11)17-9-12(18)7-14(17)19/h1-6,12,18H,7,9H2. The van der Waals surface area contributed by atoms with E-state index >= 15 is 0 Å². The number of nitrogens with zero attached hydrogens (tertiary/aromatic N) is 2. The van der Waals surface area contributed by atoms with E-state index in [-0.39, 0.29) is 24.8 Å². The maximum Gasteiger partial charge on any atom is 0.232 e. The number of nitriles is 1. The molecule has 5 nitrogen and oxygen atoms in total. The number of hydrogen-bond acceptors (Lipinski definition) is 4. The lowest BCUT2D eigenvalue weighted by Crippen LogP contribution is -2.25. The summed E-state index contributed by atoms with van der Waals surface area (Å²) >= 11 is 0. The molecule has 0 radical (unpaired) electrons. The van der Waals surface area contributed by atoms with Crippen molar-refractivity contribution >= 4 is 11.8 Å². The SMILES string of the molecule is N#Cc1cc(-c2ccccc2)oc1N1CC(O)CC1=O. The molecule has 1 aliphatic heterocycles. The second-order valence-electron chi connectivity index (χ2n) is 4.67. The predicted molar refractivity (Wildman–Crippen MR) is 71.8 cm³/mol. The molecular weight excluding hydrogens is 256 g/mol. The summed E-state index contributed by atoms with van der Waals surface area (Å²) in [5.41, 5.74) is 1.13. The lowest BCUT2D eigenvalue weighted by atomic mass is 10.1. The predicted octanol–water partition coefficient (Wildman–Crippen LogP) is 1.92. The fraction of sp³-hybridized carbons (Fsp3) is 0.200. The molecule has 0 spiro atoms. The van der Waals surface area contributed by atoms with E-state index in [1.807, 2.05) is 36.4 Å². The van der Waals surface area contributed by atoms with Gasteiger partial charge in [0.15, 0.2) is 0 Å². The number of aliphatic hydroxyl groups is 1. The quantitative estimate of drug-likeness (QED) is 0.902. The minimum atomic E-state index is -0.709. The fourth-order valence-corrected chi connectivity index (χ4v) is 2.29. The van der Waals surface area contributed by atoms with Gasteiger partial charge in [-0.3, -0.25) is 9.69 Å². The van der Waals surface area contributed by atoms with Crippen molar-refractivity contribution in [2.24, 2.45) is 0 Å². The molecule has 1 aliphatic rings. The third-order valence-corrected chi connectivity index (χ3v) is 3.24. The normalized spacial score (nSPS) is 18.3. The van der Waals surface area contributed by atoms with Crippen LogP contribution < -0.4 is 4.90 Å². The number of carbonyl (C=O) groups is 1. The van der Waals surface area contributed by atoms with Crippen molar-refractivity contribution in [3.05, 3.63) is 42.0 Å². The molecule has 2 aromatic rings. The van der Waals surface area contributed by atoms with Crippen molar-refractivity contribution in [1.29, 1.82) is 5.26 Å². The number of rotatable bonds is 2. The van der Waals surface area contributed by atoms with Gasteiger partial charge in [-0.05, 0) is 0 Å². The first kappa shape index (κ1) is 12.5. The van der Waals surface area contributed by atoms with Crippen LogP contribution in [0, 0.1) is 11.3 Å². The van der Waals surface area contributed by atoms with E-state index in [4.69, 9.17) is 4.42 Å². The van der Waals surface area contributed by atoms with Gasteiger partial charge in [-0.15, -0.1) is 0 Å². The Morgan fingerprint density at radius 3 is 2.70 bits per heavy atom. The Kier molecular flexibility index (Phi) is 3.01. The summed E-state index contributed by atoms with van der Waals surface area (Å²) in [7, 11) is 0. The molecular formula is C15H12N2O3. The van der Waals surface area contributed by atoms with Gasteiger partial charge < -0.3 is 9.52 Å². The maximum absolute atomic E-state index is 11.8. The number of anilines is 1. The summed E-state index contributed by atoms with van der Waals surface area (Å²) in [6, 6.07) is 13.0. The van der Waals surface area contributed by atoms with Crippen molar-refractivity contribution in [2.45, 2.75) is 12.5 Å². The number of β-amino-alcohol motifs (C(OH)–C–C–N with tert-alkyl or cyclic N) is 1. The van der Waals surface area contributed by atoms with Crippen molar-refractivity contribution in [2.75, 3.05) is 11.4 Å². The topological polar surface area (TPSA) is 77.5 Å². The van der Waals surface area contributed by atoms with Gasteiger partial charge in [-0.1, -0.05) is 30.3 Å². The number of furan rings is 1. The Morgan fingerprint density at radius 1 is 1.35 bits per heavy atom. The van der Waals surface area contributed by atoms with Gasteiger partial charge in [0.25, 0.3) is 0 Å². The van der Waals surface area contributed by atoms with E-state index in [0.29, 0.717) is 11.3 Å². The van der Waals surface area contributed by atoms with Crippen LogP contribution in [0.3, 0.4) is 0 Å². The fourth-order valence-electron chi connectivity index (χ4n) is 2.29. The Labute approximate surface area is 115 Å². The largest absolute Gasteiger partial charge is 0.439 e. The maximum atomic E-state index is 11.8. The lowest BCUT2D eigenvalue weighted by molar-refractivity contribution is -0.117. The van der Waals surface area contributed by atoms with Gasteiger partial charge in [-0.25, -0.2) is 0 Å². The van der Waals surface area contributed by atoms with Crippen LogP contribution in [0.5, 0.6) is 0 Å². The first-order valence-electron chi connectivity index (χ1n) is 6.27. The van der Waals surface area contributed by atoms with Gasteiger partial charge in [0, 0.05) is 11.6 Å². The number of aliphatic hydroxyl groups excluding tert-OH is 1. The van der Waals surface area contributed by atoms with E-state index in [1.54, 1.807) is 6.07 Å². The number of benzene rings is 1. The van der Waals surface area contributed by atoms with Crippen LogP contribution in [-0.4, -0.2) is 23.7 Å². The van der Waals surface area contributed by atoms with Crippen LogP contribution in [0.1, 0.15) is 12.0 Å². The van der Waals surface area contributed by atoms with E-state index in [9.17, 15) is 15.2 Å². The van der Waals surface area contributed by atoms with E-state index < -0.39 is 6.10 Å². The lowest BCUT2D eigenvalue weighted by Gasteiger charge is -2.12. The highest BCUT2D eigenvalue weighted by Gasteiger charge is 2.33. The summed E-state index contributed by atoms with van der Waals surface area (Å²) < 4.78 is 5.67. The molecule has 1 saturated heterocycles. The monoisotopic (exact) mass is 268 g/mol. The third-order valence-electron chi connectivity index (χ3n) is 3.24. The first-order chi connectivity index (χ1) is 9.69. The number of amides is 1. The number of hydrogen-bond donors (Lipinski definition) is 1. The Hall–Kier alpha value is -2.58. The zero-order chi connectivity index (χ0) is 14.1. The molecule has 1 fully saturated rings. The zero-order valence-corrected chi connectivity index (χ0v) is 10.6. The molecule has 1 aromatic carbocycles. The molecule has 0 saturated carbocycles. The van der Waals surface area contributed by atoms with Gasteiger partial charge in [0.05, 0.1) is 19.1 Å². The van der Waals surface area contributed by atoms with Gasteiger partial charge in [-0.2, -0.15) is 5.26 Å². The van der Waals surface area contributed by atoms with E-state index in [1.165, 1.54) is 4.90 Å². The minimum Gasteiger partial charge on any atom is -0.439 e. The van der Waals surface area contributed by atoms with Crippen LogP contribution in [-0.2, 0) is 4.79 Å². The van der Waals surface area contributed by atoms with Crippen LogP contribution >= 0.6 is 0 Å². The molecule has 0 bridgehead atoms. The van der Waals surface area contributed by atoms with Crippen molar-refractivity contribution in [3.63, 3.8) is 0 Å². The highest BCUT2D eigenvalue weighted by molar-refractivity contribution is 5.96. The molecule has 1 amide bonds. The van der Waals surface area contributed by atoms with Crippen LogP contribution in [0.4, 0.5) is 5.88 Å². The number of carbonyl (C=O) groups excluding carboxylic acids is 1. The highest BCUT2D eigenvalue weighted by atomic mass is 16.4. The molecule has 1 aromatic heterocycles. The molecule has 5 heteroatoms. The molecule has 1 N–H and O–H groups in total. The van der Waals surface area contributed by atoms with Crippen molar-refractivity contribution in [3.8, 4) is 17.4 Å². The average Bonchev–Trinajstić information content (AvgIpc) is 3.02. The van der Waals surface area contributed by atoms with Gasteiger partial charge in [0.1, 0.15) is 17.4 Å². The Bertz CT molecular complexity index is 685. The molecule has 100 valence electrons. The Balaban J connectivity index is 2.02. The molecule has 2 heterocycles. The van der Waals surface area contributed by atoms with Crippen molar-refractivity contribution in [1.82, 2.24) is 0 Å². The van der Waals surface area contributed by atoms with Crippen LogP contribution in [0.25, 0.3) is 11.3 Å². The van der Waals surface area contributed by atoms with E-state index in [0.717, 1.165) is 5.56 Å². The van der Waals surface area contributed by atoms with Gasteiger partial charge >= 0.3 is 0 Å². The summed E-state index contributed by atoms with van der Waals surface area (Å²) in [5, 5.41) is 18.7.